The molecule has 0 bridgehead atoms. The Labute approximate surface area is 154 Å². The Bertz CT molecular complexity index is 934. The van der Waals surface area contributed by atoms with E-state index >= 15 is 0 Å². The number of nitro groups is 1. The van der Waals surface area contributed by atoms with Crippen LogP contribution in [-0.2, 0) is 10.0 Å². The molecule has 0 amide bonds. The first-order valence-corrected chi connectivity index (χ1v) is 9.94. The Balaban J connectivity index is 3.03. The third kappa shape index (κ3) is 3.94. The molecule has 0 saturated heterocycles. The average molecular weight is 376 g/mol. The fourth-order valence-corrected chi connectivity index (χ4v) is 3.81. The molecule has 0 fully saturated rings. The predicted molar refractivity (Wildman–Crippen MR) is 103 cm³/mol. The van der Waals surface area contributed by atoms with E-state index in [0.717, 1.165) is 16.7 Å². The second-order valence-electron chi connectivity index (χ2n) is 7.11. The van der Waals surface area contributed by atoms with Crippen molar-refractivity contribution in [2.45, 2.75) is 51.3 Å². The maximum atomic E-state index is 12.1. The summed E-state index contributed by atoms with van der Waals surface area (Å²) in [6.07, 6.45) is 0. The molecule has 0 aliphatic carbocycles. The Kier molecular flexibility index (Phi) is 5.53. The highest BCUT2D eigenvalue weighted by molar-refractivity contribution is 7.89. The van der Waals surface area contributed by atoms with Gasteiger partial charge in [0.1, 0.15) is 0 Å². The highest BCUT2D eigenvalue weighted by atomic mass is 32.2. The van der Waals surface area contributed by atoms with E-state index in [1.54, 1.807) is 12.1 Å². The van der Waals surface area contributed by atoms with Gasteiger partial charge in [-0.05, 0) is 41.5 Å². The van der Waals surface area contributed by atoms with E-state index in [1.165, 1.54) is 18.2 Å². The van der Waals surface area contributed by atoms with Gasteiger partial charge in [-0.3, -0.25) is 10.1 Å². The van der Waals surface area contributed by atoms with Crippen molar-refractivity contribution in [2.24, 2.45) is 5.14 Å². The van der Waals surface area contributed by atoms with Crippen molar-refractivity contribution in [3.8, 4) is 11.1 Å². The van der Waals surface area contributed by atoms with E-state index in [4.69, 9.17) is 5.14 Å². The van der Waals surface area contributed by atoms with Crippen molar-refractivity contribution < 1.29 is 13.3 Å². The van der Waals surface area contributed by atoms with Crippen LogP contribution in [-0.4, -0.2) is 13.3 Å². The van der Waals surface area contributed by atoms with E-state index < -0.39 is 14.9 Å². The lowest BCUT2D eigenvalue weighted by Gasteiger charge is -2.22. The SMILES string of the molecule is Cc1ccc(S(N)(=O)=O)c(-c2c(C(C)C)cc([N+](=O)[O-])cc2C(C)C)c1. The first kappa shape index (κ1) is 20.1. The molecule has 140 valence electrons. The lowest BCUT2D eigenvalue weighted by atomic mass is 9.84. The number of nitro benzene ring substituents is 1. The van der Waals surface area contributed by atoms with Gasteiger partial charge in [-0.25, -0.2) is 13.6 Å². The predicted octanol–water partition coefficient (Wildman–Crippen LogP) is 4.46. The summed E-state index contributed by atoms with van der Waals surface area (Å²) in [6, 6.07) is 8.02. The van der Waals surface area contributed by atoms with Gasteiger partial charge in [-0.2, -0.15) is 0 Å². The molecular weight excluding hydrogens is 352 g/mol. The Hall–Kier alpha value is -2.25. The molecule has 2 rings (SSSR count). The fourth-order valence-electron chi connectivity index (χ4n) is 3.09. The lowest BCUT2D eigenvalue weighted by molar-refractivity contribution is -0.385. The Morgan fingerprint density at radius 2 is 1.50 bits per heavy atom. The Morgan fingerprint density at radius 3 is 1.88 bits per heavy atom. The lowest BCUT2D eigenvalue weighted by Crippen LogP contribution is -2.14. The van der Waals surface area contributed by atoms with Crippen LogP contribution < -0.4 is 5.14 Å². The molecular formula is C19H24N2O4S. The van der Waals surface area contributed by atoms with Crippen molar-refractivity contribution in [3.63, 3.8) is 0 Å². The molecule has 0 spiro atoms. The molecule has 26 heavy (non-hydrogen) atoms. The van der Waals surface area contributed by atoms with Gasteiger partial charge in [-0.15, -0.1) is 0 Å². The van der Waals surface area contributed by atoms with Crippen LogP contribution in [0.2, 0.25) is 0 Å². The summed E-state index contributed by atoms with van der Waals surface area (Å²) < 4.78 is 24.3. The van der Waals surface area contributed by atoms with Gasteiger partial charge in [0, 0.05) is 17.7 Å². The number of hydrogen-bond donors (Lipinski definition) is 1. The van der Waals surface area contributed by atoms with Crippen molar-refractivity contribution >= 4 is 15.7 Å². The summed E-state index contributed by atoms with van der Waals surface area (Å²) in [7, 11) is -3.94. The smallest absolute Gasteiger partial charge is 0.258 e. The standard InChI is InChI=1S/C19H24N2O4S/c1-11(2)15-9-14(21(22)23)10-16(12(3)4)19(15)17-8-13(5)6-7-18(17)26(20,24)25/h6-12H,1-5H3,(H2,20,24,25). The van der Waals surface area contributed by atoms with Gasteiger partial charge in [0.25, 0.3) is 5.69 Å². The van der Waals surface area contributed by atoms with Crippen LogP contribution in [0, 0.1) is 17.0 Å². The minimum atomic E-state index is -3.94. The molecule has 2 aromatic carbocycles. The zero-order valence-electron chi connectivity index (χ0n) is 15.6. The third-order valence-corrected chi connectivity index (χ3v) is 5.32. The number of primary sulfonamides is 1. The number of hydrogen-bond acceptors (Lipinski definition) is 4. The van der Waals surface area contributed by atoms with Crippen LogP contribution in [0.1, 0.15) is 56.2 Å². The van der Waals surface area contributed by atoms with Crippen LogP contribution in [0.4, 0.5) is 5.69 Å². The van der Waals surface area contributed by atoms with Crippen LogP contribution in [0.25, 0.3) is 11.1 Å². The largest absolute Gasteiger partial charge is 0.270 e. The van der Waals surface area contributed by atoms with E-state index in [-0.39, 0.29) is 22.4 Å². The number of benzene rings is 2. The first-order valence-electron chi connectivity index (χ1n) is 8.39. The summed E-state index contributed by atoms with van der Waals surface area (Å²) in [5.41, 5.74) is 3.57. The molecule has 0 aliphatic heterocycles. The summed E-state index contributed by atoms with van der Waals surface area (Å²) in [5.74, 6) is -0.0625. The third-order valence-electron chi connectivity index (χ3n) is 4.35. The van der Waals surface area contributed by atoms with E-state index in [1.807, 2.05) is 34.6 Å². The van der Waals surface area contributed by atoms with Crippen LogP contribution in [0.3, 0.4) is 0 Å². The maximum absolute atomic E-state index is 12.1. The molecule has 0 saturated carbocycles. The molecule has 0 atom stereocenters. The summed E-state index contributed by atoms with van der Waals surface area (Å²) in [5, 5.41) is 16.8. The number of aryl methyl sites for hydroxylation is 1. The topological polar surface area (TPSA) is 103 Å². The second kappa shape index (κ2) is 7.17. The minimum absolute atomic E-state index is 0.00552. The molecule has 0 aromatic heterocycles. The number of nitrogens with zero attached hydrogens (tertiary/aromatic N) is 1. The van der Waals surface area contributed by atoms with Gasteiger partial charge in [0.2, 0.25) is 10.0 Å². The minimum Gasteiger partial charge on any atom is -0.258 e. The van der Waals surface area contributed by atoms with Crippen LogP contribution in [0.5, 0.6) is 0 Å². The number of sulfonamides is 1. The molecule has 6 nitrogen and oxygen atoms in total. The molecule has 0 aliphatic rings. The molecule has 2 aromatic rings. The van der Waals surface area contributed by atoms with Gasteiger partial charge >= 0.3 is 0 Å². The van der Waals surface area contributed by atoms with Crippen molar-refractivity contribution in [1.29, 1.82) is 0 Å². The molecule has 0 unspecified atom stereocenters. The number of rotatable bonds is 5. The molecule has 0 radical (unpaired) electrons. The Morgan fingerprint density at radius 1 is 1.00 bits per heavy atom. The van der Waals surface area contributed by atoms with Crippen molar-refractivity contribution in [1.82, 2.24) is 0 Å². The van der Waals surface area contributed by atoms with Crippen molar-refractivity contribution in [3.05, 3.63) is 57.1 Å². The number of nitrogens with two attached hydrogens (primary N) is 1. The van der Waals surface area contributed by atoms with Crippen LogP contribution >= 0.6 is 0 Å². The first-order chi connectivity index (χ1) is 11.9. The van der Waals surface area contributed by atoms with Crippen LogP contribution in [0.15, 0.2) is 35.2 Å². The van der Waals surface area contributed by atoms with E-state index in [0.29, 0.717) is 11.1 Å². The molecule has 7 heteroatoms. The quantitative estimate of drug-likeness (QED) is 0.614. The fraction of sp³-hybridized carbons (Fsp3) is 0.368. The summed E-state index contributed by atoms with van der Waals surface area (Å²) in [4.78, 5) is 11.0. The van der Waals surface area contributed by atoms with Gasteiger partial charge in [0.05, 0.1) is 9.82 Å². The van der Waals surface area contributed by atoms with Crippen molar-refractivity contribution in [2.75, 3.05) is 0 Å². The summed E-state index contributed by atoms with van der Waals surface area (Å²) in [6.45, 7) is 9.59. The molecule has 2 N–H and O–H groups in total. The van der Waals surface area contributed by atoms with E-state index in [9.17, 15) is 18.5 Å². The molecule has 0 heterocycles. The second-order valence-corrected chi connectivity index (χ2v) is 8.64. The monoisotopic (exact) mass is 376 g/mol. The van der Waals surface area contributed by atoms with Gasteiger partial charge < -0.3 is 0 Å². The summed E-state index contributed by atoms with van der Waals surface area (Å²) >= 11 is 0. The van der Waals surface area contributed by atoms with Gasteiger partial charge in [0.15, 0.2) is 0 Å². The zero-order valence-corrected chi connectivity index (χ0v) is 16.4. The zero-order chi connectivity index (χ0) is 19.8. The highest BCUT2D eigenvalue weighted by Gasteiger charge is 2.25. The average Bonchev–Trinajstić information content (AvgIpc) is 2.51. The van der Waals surface area contributed by atoms with E-state index in [2.05, 4.69) is 0 Å². The maximum Gasteiger partial charge on any atom is 0.270 e. The highest BCUT2D eigenvalue weighted by Crippen LogP contribution is 2.41. The van der Waals surface area contributed by atoms with Gasteiger partial charge in [-0.1, -0.05) is 45.4 Å². The number of non-ortho nitro benzene ring substituents is 1. The normalized spacial score (nSPS) is 12.0.